The highest BCUT2D eigenvalue weighted by Gasteiger charge is 2.28. The molecule has 6 nitrogen and oxygen atoms in total. The Hall–Kier alpha value is -2.29. The van der Waals surface area contributed by atoms with Gasteiger partial charge in [-0.05, 0) is 24.7 Å². The summed E-state index contributed by atoms with van der Waals surface area (Å²) in [6.07, 6.45) is -4.52. The van der Waals surface area contributed by atoms with Gasteiger partial charge in [0.2, 0.25) is 5.91 Å². The Bertz CT molecular complexity index is 550. The molecule has 1 rings (SSSR count). The van der Waals surface area contributed by atoms with Gasteiger partial charge in [-0.15, -0.1) is 0 Å². The molecule has 3 amide bonds. The maximum atomic E-state index is 11.9. The number of hydrogen-bond donors (Lipinski definition) is 2. The fraction of sp³-hybridized carbons (Fsp3) is 0.429. The quantitative estimate of drug-likeness (QED) is 0.828. The van der Waals surface area contributed by atoms with Crippen LogP contribution in [0.4, 0.5) is 18.0 Å². The van der Waals surface area contributed by atoms with E-state index >= 15 is 0 Å². The van der Waals surface area contributed by atoms with Crippen molar-refractivity contribution >= 4 is 11.9 Å². The third kappa shape index (κ3) is 8.05. The van der Waals surface area contributed by atoms with Gasteiger partial charge in [-0.25, -0.2) is 4.79 Å². The zero-order valence-electron chi connectivity index (χ0n) is 12.7. The van der Waals surface area contributed by atoms with Crippen molar-refractivity contribution in [1.29, 1.82) is 0 Å². The second-order valence-corrected chi connectivity index (χ2v) is 4.87. The Morgan fingerprint density at radius 3 is 2.61 bits per heavy atom. The highest BCUT2D eigenvalue weighted by atomic mass is 19.4. The fourth-order valence-electron chi connectivity index (χ4n) is 1.77. The van der Waals surface area contributed by atoms with Crippen LogP contribution in [0.3, 0.4) is 0 Å². The van der Waals surface area contributed by atoms with Crippen LogP contribution in [0.1, 0.15) is 5.56 Å². The number of rotatable bonds is 6. The van der Waals surface area contributed by atoms with Crippen LogP contribution in [-0.2, 0) is 11.3 Å². The lowest BCUT2D eigenvalue weighted by atomic mass is 10.2. The van der Waals surface area contributed by atoms with Gasteiger partial charge >= 0.3 is 12.2 Å². The molecule has 128 valence electrons. The first-order valence-electron chi connectivity index (χ1n) is 6.65. The normalized spacial score (nSPS) is 11.2. The highest BCUT2D eigenvalue weighted by molar-refractivity contribution is 5.95. The Morgan fingerprint density at radius 2 is 2.00 bits per heavy atom. The number of amides is 3. The summed E-state index contributed by atoms with van der Waals surface area (Å²) in [5.74, 6) is -0.0260. The number of carbonyl (C=O) groups is 2. The van der Waals surface area contributed by atoms with E-state index in [9.17, 15) is 22.8 Å². The van der Waals surface area contributed by atoms with Gasteiger partial charge in [0.1, 0.15) is 12.3 Å². The summed E-state index contributed by atoms with van der Waals surface area (Å²) in [4.78, 5) is 24.3. The Morgan fingerprint density at radius 1 is 1.30 bits per heavy atom. The second kappa shape index (κ2) is 8.37. The predicted molar refractivity (Wildman–Crippen MR) is 76.9 cm³/mol. The number of alkyl halides is 3. The maximum Gasteiger partial charge on any atom is 0.405 e. The zero-order chi connectivity index (χ0) is 17.5. The molecule has 0 bridgehead atoms. The number of likely N-dealkylation sites (N-methyl/N-ethyl adjacent to an activating group) is 1. The number of urea groups is 1. The van der Waals surface area contributed by atoms with Crippen molar-refractivity contribution in [2.75, 3.05) is 27.2 Å². The highest BCUT2D eigenvalue weighted by Crippen LogP contribution is 2.14. The molecular formula is C14H18F3N3O3. The van der Waals surface area contributed by atoms with Gasteiger partial charge in [0.25, 0.3) is 0 Å². The van der Waals surface area contributed by atoms with Crippen LogP contribution < -0.4 is 15.4 Å². The molecule has 0 heterocycles. The van der Waals surface area contributed by atoms with Gasteiger partial charge in [0, 0.05) is 6.54 Å². The minimum atomic E-state index is -4.52. The number of hydrogen-bond acceptors (Lipinski definition) is 4. The van der Waals surface area contributed by atoms with E-state index in [1.807, 2.05) is 11.4 Å². The molecule has 23 heavy (non-hydrogen) atoms. The molecule has 0 aliphatic heterocycles. The Balaban J connectivity index is 2.39. The second-order valence-electron chi connectivity index (χ2n) is 4.87. The first-order chi connectivity index (χ1) is 10.7. The summed E-state index contributed by atoms with van der Waals surface area (Å²) in [5.41, 5.74) is 0.890. The lowest BCUT2D eigenvalue weighted by Crippen LogP contribution is -2.46. The topological polar surface area (TPSA) is 70.7 Å². The summed E-state index contributed by atoms with van der Waals surface area (Å²) in [5, 5.41) is 3.40. The van der Waals surface area contributed by atoms with E-state index in [-0.39, 0.29) is 6.54 Å². The standard InChI is InChI=1S/C14H18F3N3O3/c1-20(7-10-4-3-5-11(6-10)23-2)8-12(21)19-13(22)18-9-14(15,16)17/h3-6H,7-9H2,1-2H3,(H2,18,19,21,22). The summed E-state index contributed by atoms with van der Waals surface area (Å²) >= 11 is 0. The number of methoxy groups -OCH3 is 1. The van der Waals surface area contributed by atoms with Crippen molar-refractivity contribution in [2.24, 2.45) is 0 Å². The Kier molecular flexibility index (Phi) is 6.83. The van der Waals surface area contributed by atoms with Crippen molar-refractivity contribution in [3.63, 3.8) is 0 Å². The first-order valence-corrected chi connectivity index (χ1v) is 6.65. The summed E-state index contributed by atoms with van der Waals surface area (Å²) in [7, 11) is 3.18. The SMILES string of the molecule is COc1cccc(CN(C)CC(=O)NC(=O)NCC(F)(F)F)c1. The minimum Gasteiger partial charge on any atom is -0.497 e. The van der Waals surface area contributed by atoms with E-state index in [1.54, 1.807) is 35.5 Å². The molecule has 2 N–H and O–H groups in total. The molecular weight excluding hydrogens is 315 g/mol. The molecule has 0 saturated heterocycles. The largest absolute Gasteiger partial charge is 0.497 e. The molecule has 0 aromatic heterocycles. The monoisotopic (exact) mass is 333 g/mol. The van der Waals surface area contributed by atoms with E-state index in [0.29, 0.717) is 12.3 Å². The lowest BCUT2D eigenvalue weighted by Gasteiger charge is -2.16. The number of ether oxygens (including phenoxy) is 1. The van der Waals surface area contributed by atoms with Crippen molar-refractivity contribution < 1.29 is 27.5 Å². The van der Waals surface area contributed by atoms with Crippen LogP contribution >= 0.6 is 0 Å². The average Bonchev–Trinajstić information content (AvgIpc) is 2.44. The van der Waals surface area contributed by atoms with Crippen molar-refractivity contribution in [2.45, 2.75) is 12.7 Å². The summed E-state index contributed by atoms with van der Waals surface area (Å²) in [6.45, 7) is -1.22. The van der Waals surface area contributed by atoms with Crippen LogP contribution in [0.25, 0.3) is 0 Å². The third-order valence-corrected chi connectivity index (χ3v) is 2.70. The van der Waals surface area contributed by atoms with E-state index in [4.69, 9.17) is 4.74 Å². The van der Waals surface area contributed by atoms with Crippen LogP contribution in [0.2, 0.25) is 0 Å². The molecule has 0 atom stereocenters. The van der Waals surface area contributed by atoms with Crippen molar-refractivity contribution in [1.82, 2.24) is 15.5 Å². The zero-order valence-corrected chi connectivity index (χ0v) is 12.7. The predicted octanol–water partition coefficient (Wildman–Crippen LogP) is 1.52. The molecule has 0 aliphatic rings. The van der Waals surface area contributed by atoms with Gasteiger partial charge in [-0.2, -0.15) is 13.2 Å². The van der Waals surface area contributed by atoms with Gasteiger partial charge in [-0.3, -0.25) is 15.0 Å². The van der Waals surface area contributed by atoms with E-state index in [0.717, 1.165) is 5.56 Å². The number of nitrogens with one attached hydrogen (secondary N) is 2. The molecule has 0 saturated carbocycles. The number of carbonyl (C=O) groups excluding carboxylic acids is 2. The average molecular weight is 333 g/mol. The molecule has 0 aliphatic carbocycles. The molecule has 9 heteroatoms. The number of benzene rings is 1. The van der Waals surface area contributed by atoms with Crippen LogP contribution in [0.5, 0.6) is 5.75 Å². The molecule has 0 spiro atoms. The van der Waals surface area contributed by atoms with Crippen LogP contribution in [0, 0.1) is 0 Å². The van der Waals surface area contributed by atoms with Crippen molar-refractivity contribution in [3.05, 3.63) is 29.8 Å². The summed E-state index contributed by atoms with van der Waals surface area (Å²) in [6, 6.07) is 6.03. The number of halogens is 3. The molecule has 1 aromatic carbocycles. The van der Waals surface area contributed by atoms with E-state index in [1.165, 1.54) is 7.11 Å². The van der Waals surface area contributed by atoms with Gasteiger partial charge < -0.3 is 10.1 Å². The molecule has 1 aromatic rings. The lowest BCUT2D eigenvalue weighted by molar-refractivity contribution is -0.125. The van der Waals surface area contributed by atoms with Crippen molar-refractivity contribution in [3.8, 4) is 5.75 Å². The van der Waals surface area contributed by atoms with Gasteiger partial charge in [-0.1, -0.05) is 12.1 Å². The smallest absolute Gasteiger partial charge is 0.405 e. The van der Waals surface area contributed by atoms with Crippen LogP contribution in [-0.4, -0.2) is 50.3 Å². The number of nitrogens with zero attached hydrogens (tertiary/aromatic N) is 1. The first kappa shape index (κ1) is 18.8. The third-order valence-electron chi connectivity index (χ3n) is 2.70. The van der Waals surface area contributed by atoms with Crippen LogP contribution in [0.15, 0.2) is 24.3 Å². The maximum absolute atomic E-state index is 11.9. The van der Waals surface area contributed by atoms with E-state index in [2.05, 4.69) is 0 Å². The fourth-order valence-corrected chi connectivity index (χ4v) is 1.77. The Labute approximate surface area is 131 Å². The molecule has 0 unspecified atom stereocenters. The molecule has 0 radical (unpaired) electrons. The summed E-state index contributed by atoms with van der Waals surface area (Å²) < 4.78 is 40.8. The van der Waals surface area contributed by atoms with E-state index < -0.39 is 24.7 Å². The minimum absolute atomic E-state index is 0.142. The molecule has 0 fully saturated rings. The number of imide groups is 1. The van der Waals surface area contributed by atoms with Gasteiger partial charge in [0.15, 0.2) is 0 Å². The van der Waals surface area contributed by atoms with Gasteiger partial charge in [0.05, 0.1) is 13.7 Å².